The third-order valence-electron chi connectivity index (χ3n) is 2.65. The van der Waals surface area contributed by atoms with Gasteiger partial charge < -0.3 is 0 Å². The van der Waals surface area contributed by atoms with Crippen molar-refractivity contribution >= 4 is 8.07 Å². The van der Waals surface area contributed by atoms with E-state index >= 15 is 0 Å². The van der Waals surface area contributed by atoms with Crippen LogP contribution in [0.4, 0.5) is 0 Å². The van der Waals surface area contributed by atoms with Crippen molar-refractivity contribution in [1.29, 1.82) is 0 Å². The van der Waals surface area contributed by atoms with Crippen LogP contribution >= 0.6 is 0 Å². The first-order valence-electron chi connectivity index (χ1n) is 5.13. The zero-order valence-electron chi connectivity index (χ0n) is 8.98. The van der Waals surface area contributed by atoms with Crippen molar-refractivity contribution in [3.05, 3.63) is 11.6 Å². The van der Waals surface area contributed by atoms with Gasteiger partial charge in [0.05, 0.1) is 0 Å². The molecule has 0 amide bonds. The number of allylic oxidation sites excluding steroid dienone is 2. The third kappa shape index (κ3) is 3.57. The average molecular weight is 182 g/mol. The van der Waals surface area contributed by atoms with Crippen LogP contribution in [-0.2, 0) is 0 Å². The smallest absolute Gasteiger partial charge is 0.0445 e. The van der Waals surface area contributed by atoms with E-state index in [1.807, 2.05) is 0 Å². The van der Waals surface area contributed by atoms with Gasteiger partial charge in [-0.25, -0.2) is 0 Å². The first-order valence-corrected chi connectivity index (χ1v) is 8.84. The maximum absolute atomic E-state index is 2.48. The van der Waals surface area contributed by atoms with Crippen LogP contribution in [0.2, 0.25) is 25.7 Å². The molecule has 0 radical (unpaired) electrons. The van der Waals surface area contributed by atoms with Crippen LogP contribution in [0.5, 0.6) is 0 Å². The third-order valence-corrected chi connectivity index (χ3v) is 4.45. The fourth-order valence-electron chi connectivity index (χ4n) is 2.07. The predicted octanol–water partition coefficient (Wildman–Crippen LogP) is 4.07. The molecule has 1 atom stereocenters. The van der Waals surface area contributed by atoms with E-state index in [9.17, 15) is 0 Å². The molecule has 0 N–H and O–H groups in total. The number of hydrogen-bond acceptors (Lipinski definition) is 0. The van der Waals surface area contributed by atoms with Crippen LogP contribution in [0.15, 0.2) is 11.6 Å². The van der Waals surface area contributed by atoms with Gasteiger partial charge in [0.15, 0.2) is 0 Å². The fraction of sp³-hybridized carbons (Fsp3) is 0.818. The minimum absolute atomic E-state index is 0.796. The number of hydrogen-bond donors (Lipinski definition) is 0. The molecule has 0 aliphatic heterocycles. The molecule has 0 fully saturated rings. The van der Waals surface area contributed by atoms with Gasteiger partial charge in [-0.15, -0.1) is 0 Å². The summed E-state index contributed by atoms with van der Waals surface area (Å²) in [5.41, 5.74) is 1.61. The summed E-state index contributed by atoms with van der Waals surface area (Å²) in [5, 5.41) is 0. The van der Waals surface area contributed by atoms with Crippen LogP contribution in [0.3, 0.4) is 0 Å². The van der Waals surface area contributed by atoms with Crippen molar-refractivity contribution in [1.82, 2.24) is 0 Å². The van der Waals surface area contributed by atoms with Crippen molar-refractivity contribution in [2.75, 3.05) is 0 Å². The molecular formula is C11H22Si. The summed E-state index contributed by atoms with van der Waals surface area (Å²) < 4.78 is 0. The fourth-order valence-corrected chi connectivity index (χ4v) is 4.17. The Morgan fingerprint density at radius 2 is 2.08 bits per heavy atom. The van der Waals surface area contributed by atoms with Gasteiger partial charge in [0.25, 0.3) is 0 Å². The normalized spacial score (nSPS) is 25.3. The second-order valence-electron chi connectivity index (χ2n) is 5.46. The van der Waals surface area contributed by atoms with Crippen molar-refractivity contribution in [3.8, 4) is 0 Å². The van der Waals surface area contributed by atoms with E-state index in [0.717, 1.165) is 5.92 Å². The highest BCUT2D eigenvalue weighted by molar-refractivity contribution is 6.76. The quantitative estimate of drug-likeness (QED) is 0.446. The van der Waals surface area contributed by atoms with E-state index < -0.39 is 8.07 Å². The summed E-state index contributed by atoms with van der Waals surface area (Å²) in [6, 6.07) is 1.52. The minimum Gasteiger partial charge on any atom is -0.0853 e. The monoisotopic (exact) mass is 182 g/mol. The van der Waals surface area contributed by atoms with E-state index in [1.165, 1.54) is 25.3 Å². The molecule has 0 heterocycles. The molecule has 0 saturated heterocycles. The zero-order chi connectivity index (χ0) is 9.19. The van der Waals surface area contributed by atoms with Crippen LogP contribution in [0.25, 0.3) is 0 Å². The second kappa shape index (κ2) is 3.78. The Balaban J connectivity index is 2.37. The molecule has 12 heavy (non-hydrogen) atoms. The van der Waals surface area contributed by atoms with Gasteiger partial charge in [0.1, 0.15) is 0 Å². The molecule has 0 spiro atoms. The first kappa shape index (κ1) is 10.0. The van der Waals surface area contributed by atoms with E-state index in [2.05, 4.69) is 32.6 Å². The molecule has 1 rings (SSSR count). The molecule has 1 aliphatic carbocycles. The lowest BCUT2D eigenvalue weighted by atomic mass is 9.92. The first-order chi connectivity index (χ1) is 5.47. The van der Waals surface area contributed by atoms with Gasteiger partial charge in [-0.1, -0.05) is 37.3 Å². The second-order valence-corrected chi connectivity index (χ2v) is 11.0. The Morgan fingerprint density at radius 3 is 2.50 bits per heavy atom. The molecule has 0 saturated carbocycles. The van der Waals surface area contributed by atoms with Gasteiger partial charge in [-0.05, 0) is 32.1 Å². The summed E-state index contributed by atoms with van der Waals surface area (Å²) in [6.07, 6.45) is 6.62. The highest BCUT2D eigenvalue weighted by atomic mass is 28.3. The van der Waals surface area contributed by atoms with Crippen LogP contribution in [0.1, 0.15) is 26.2 Å². The molecule has 0 nitrogen and oxygen atoms in total. The van der Waals surface area contributed by atoms with Crippen LogP contribution < -0.4 is 0 Å². The van der Waals surface area contributed by atoms with Crippen molar-refractivity contribution < 1.29 is 0 Å². The lowest BCUT2D eigenvalue weighted by molar-refractivity contribution is 0.508. The maximum Gasteiger partial charge on any atom is 0.0445 e. The topological polar surface area (TPSA) is 0 Å². The molecule has 0 bridgehead atoms. The van der Waals surface area contributed by atoms with E-state index in [1.54, 1.807) is 5.57 Å². The SMILES string of the molecule is CC1=CC[C@@H](C[Si](C)(C)C)CC1. The highest BCUT2D eigenvalue weighted by Gasteiger charge is 2.21. The lowest BCUT2D eigenvalue weighted by Crippen LogP contribution is -2.24. The minimum atomic E-state index is -0.796. The van der Waals surface area contributed by atoms with Gasteiger partial charge in [-0.2, -0.15) is 0 Å². The van der Waals surface area contributed by atoms with E-state index in [-0.39, 0.29) is 0 Å². The average Bonchev–Trinajstić information content (AvgIpc) is 1.91. The molecular weight excluding hydrogens is 160 g/mol. The largest absolute Gasteiger partial charge is 0.0853 e. The zero-order valence-corrected chi connectivity index (χ0v) is 9.98. The van der Waals surface area contributed by atoms with Gasteiger partial charge in [0, 0.05) is 8.07 Å². The van der Waals surface area contributed by atoms with E-state index in [4.69, 9.17) is 0 Å². The molecule has 0 aromatic heterocycles. The standard InChI is InChI=1S/C11H22Si/c1-10-5-7-11(8-6-10)9-12(2,3)4/h5,11H,6-9H2,1-4H3/t11-/m1/s1. The van der Waals surface area contributed by atoms with Gasteiger partial charge in [0.2, 0.25) is 0 Å². The molecule has 0 unspecified atom stereocenters. The molecule has 1 heteroatoms. The van der Waals surface area contributed by atoms with Gasteiger partial charge >= 0.3 is 0 Å². The lowest BCUT2D eigenvalue weighted by Gasteiger charge is -2.26. The predicted molar refractivity (Wildman–Crippen MR) is 59.3 cm³/mol. The van der Waals surface area contributed by atoms with Gasteiger partial charge in [-0.3, -0.25) is 0 Å². The highest BCUT2D eigenvalue weighted by Crippen LogP contribution is 2.29. The summed E-state index contributed by atoms with van der Waals surface area (Å²) >= 11 is 0. The summed E-state index contributed by atoms with van der Waals surface area (Å²) in [4.78, 5) is 0. The molecule has 1 aliphatic rings. The Labute approximate surface area is 78.1 Å². The molecule has 70 valence electrons. The van der Waals surface area contributed by atoms with Crippen molar-refractivity contribution in [3.63, 3.8) is 0 Å². The molecule has 0 aromatic carbocycles. The van der Waals surface area contributed by atoms with Crippen LogP contribution in [-0.4, -0.2) is 8.07 Å². The Hall–Kier alpha value is -0.0431. The summed E-state index contributed by atoms with van der Waals surface area (Å²) in [7, 11) is -0.796. The Kier molecular flexibility index (Phi) is 3.16. The molecule has 0 aromatic rings. The summed E-state index contributed by atoms with van der Waals surface area (Å²) in [5.74, 6) is 1.01. The Bertz CT molecular complexity index is 174. The van der Waals surface area contributed by atoms with E-state index in [0.29, 0.717) is 0 Å². The Morgan fingerprint density at radius 1 is 1.42 bits per heavy atom. The summed E-state index contributed by atoms with van der Waals surface area (Å²) in [6.45, 7) is 9.72. The van der Waals surface area contributed by atoms with Crippen LogP contribution in [0, 0.1) is 5.92 Å². The number of rotatable bonds is 2. The van der Waals surface area contributed by atoms with Crippen molar-refractivity contribution in [2.24, 2.45) is 5.92 Å². The maximum atomic E-state index is 2.48. The van der Waals surface area contributed by atoms with Crippen molar-refractivity contribution in [2.45, 2.75) is 51.9 Å².